The molecule has 4 aromatic rings. The Bertz CT molecular complexity index is 1590. The fourth-order valence-electron chi connectivity index (χ4n) is 5.40. The predicted molar refractivity (Wildman–Crippen MR) is 143 cm³/mol. The number of nitrogens with zero attached hydrogens (tertiary/aromatic N) is 2. The first-order valence-electron chi connectivity index (χ1n) is 12.4. The highest BCUT2D eigenvalue weighted by atomic mass is 16.5. The first kappa shape index (κ1) is 20.2. The summed E-state index contributed by atoms with van der Waals surface area (Å²) in [5.41, 5.74) is 7.81. The van der Waals surface area contributed by atoms with Crippen molar-refractivity contribution in [2.75, 3.05) is 4.90 Å². The van der Waals surface area contributed by atoms with Crippen LogP contribution in [0.5, 0.6) is 0 Å². The molecule has 0 radical (unpaired) electrons. The van der Waals surface area contributed by atoms with Crippen molar-refractivity contribution in [2.45, 2.75) is 32.3 Å². The third-order valence-electron chi connectivity index (χ3n) is 7.00. The molecule has 172 valence electrons. The summed E-state index contributed by atoms with van der Waals surface area (Å²) < 4.78 is 14.4. The number of benzene rings is 2. The Morgan fingerprint density at radius 1 is 0.800 bits per heavy atom. The molecule has 2 aliphatic carbocycles. The van der Waals surface area contributed by atoms with Gasteiger partial charge in [0.05, 0.1) is 17.2 Å². The van der Waals surface area contributed by atoms with Crippen LogP contribution in [0, 0.1) is 0 Å². The van der Waals surface area contributed by atoms with E-state index in [9.17, 15) is 0 Å². The minimum atomic E-state index is 0.521. The SMILES string of the molecule is C1=CC(N(c2ccccc2)c2ccc3c(c2)c2c4c(oc2n3C2=CCCC=C2)C=COC4)=CCC1. The van der Waals surface area contributed by atoms with Gasteiger partial charge in [-0.05, 0) is 68.2 Å². The van der Waals surface area contributed by atoms with E-state index in [1.165, 1.54) is 11.1 Å². The molecule has 1 aliphatic heterocycles. The van der Waals surface area contributed by atoms with Crippen LogP contribution in [0.4, 0.5) is 11.4 Å². The Hall–Kier alpha value is -4.18. The van der Waals surface area contributed by atoms with Crippen molar-refractivity contribution in [1.29, 1.82) is 0 Å². The topological polar surface area (TPSA) is 30.5 Å². The monoisotopic (exact) mass is 458 g/mol. The highest BCUT2D eigenvalue weighted by Crippen LogP contribution is 2.43. The maximum absolute atomic E-state index is 6.45. The fourth-order valence-corrected chi connectivity index (χ4v) is 5.40. The van der Waals surface area contributed by atoms with Gasteiger partial charge in [0.1, 0.15) is 12.4 Å². The molecule has 2 aromatic carbocycles. The van der Waals surface area contributed by atoms with Gasteiger partial charge in [-0.1, -0.05) is 42.5 Å². The normalized spacial score (nSPS) is 16.8. The number of para-hydroxylation sites is 1. The van der Waals surface area contributed by atoms with Gasteiger partial charge in [-0.3, -0.25) is 4.57 Å². The Morgan fingerprint density at radius 3 is 2.46 bits per heavy atom. The van der Waals surface area contributed by atoms with Gasteiger partial charge in [0.25, 0.3) is 0 Å². The van der Waals surface area contributed by atoms with Crippen LogP contribution in [0.15, 0.2) is 101 Å². The van der Waals surface area contributed by atoms with Crippen molar-refractivity contribution in [3.05, 3.63) is 108 Å². The molecule has 0 atom stereocenters. The van der Waals surface area contributed by atoms with E-state index in [1.807, 2.05) is 6.08 Å². The molecule has 0 unspecified atom stereocenters. The summed E-state index contributed by atoms with van der Waals surface area (Å²) >= 11 is 0. The van der Waals surface area contributed by atoms with E-state index in [1.54, 1.807) is 6.26 Å². The lowest BCUT2D eigenvalue weighted by molar-refractivity contribution is 0.233. The molecular formula is C31H26N2O2. The number of allylic oxidation sites excluding steroid dienone is 7. The molecule has 3 aliphatic rings. The lowest BCUT2D eigenvalue weighted by Gasteiger charge is -2.27. The van der Waals surface area contributed by atoms with Crippen LogP contribution in [-0.2, 0) is 11.3 Å². The zero-order valence-electron chi connectivity index (χ0n) is 19.5. The summed E-state index contributed by atoms with van der Waals surface area (Å²) in [5.74, 6) is 0.889. The summed E-state index contributed by atoms with van der Waals surface area (Å²) in [6.45, 7) is 0.521. The zero-order valence-corrected chi connectivity index (χ0v) is 19.5. The van der Waals surface area contributed by atoms with E-state index >= 15 is 0 Å². The van der Waals surface area contributed by atoms with Crippen LogP contribution in [0.2, 0.25) is 0 Å². The summed E-state index contributed by atoms with van der Waals surface area (Å²) in [6, 6.07) is 17.4. The summed E-state index contributed by atoms with van der Waals surface area (Å²) in [5, 5.41) is 2.32. The molecule has 2 aromatic heterocycles. The molecular weight excluding hydrogens is 432 g/mol. The Balaban J connectivity index is 1.50. The van der Waals surface area contributed by atoms with E-state index < -0.39 is 0 Å². The Labute approximate surface area is 204 Å². The van der Waals surface area contributed by atoms with Crippen molar-refractivity contribution in [3.8, 4) is 0 Å². The minimum Gasteiger partial charge on any atom is -0.496 e. The number of aromatic nitrogens is 1. The maximum Gasteiger partial charge on any atom is 0.213 e. The highest BCUT2D eigenvalue weighted by Gasteiger charge is 2.25. The molecule has 0 N–H and O–H groups in total. The fraction of sp³-hybridized carbons (Fsp3) is 0.161. The van der Waals surface area contributed by atoms with Gasteiger partial charge in [-0.15, -0.1) is 0 Å². The highest BCUT2D eigenvalue weighted by molar-refractivity contribution is 6.12. The van der Waals surface area contributed by atoms with Gasteiger partial charge >= 0.3 is 0 Å². The maximum atomic E-state index is 6.45. The number of anilines is 2. The molecule has 4 heteroatoms. The van der Waals surface area contributed by atoms with Crippen LogP contribution in [0.3, 0.4) is 0 Å². The van der Waals surface area contributed by atoms with Crippen LogP contribution >= 0.6 is 0 Å². The van der Waals surface area contributed by atoms with E-state index in [0.29, 0.717) is 6.61 Å². The third kappa shape index (κ3) is 3.28. The van der Waals surface area contributed by atoms with E-state index in [2.05, 4.69) is 94.5 Å². The van der Waals surface area contributed by atoms with Crippen LogP contribution < -0.4 is 4.90 Å². The average Bonchev–Trinajstić information content (AvgIpc) is 3.45. The smallest absolute Gasteiger partial charge is 0.213 e. The second kappa shape index (κ2) is 8.24. The third-order valence-corrected chi connectivity index (χ3v) is 7.00. The van der Waals surface area contributed by atoms with Crippen LogP contribution in [0.1, 0.15) is 37.0 Å². The molecule has 3 heterocycles. The molecule has 0 bridgehead atoms. The minimum absolute atomic E-state index is 0.521. The number of furan rings is 1. The lowest BCUT2D eigenvalue weighted by Crippen LogP contribution is -2.16. The predicted octanol–water partition coefficient (Wildman–Crippen LogP) is 8.45. The lowest BCUT2D eigenvalue weighted by atomic mass is 10.1. The van der Waals surface area contributed by atoms with Crippen LogP contribution in [0.25, 0.3) is 33.8 Å². The molecule has 0 spiro atoms. The van der Waals surface area contributed by atoms with E-state index in [4.69, 9.17) is 9.15 Å². The van der Waals surface area contributed by atoms with Crippen molar-refractivity contribution in [2.24, 2.45) is 0 Å². The molecule has 0 saturated carbocycles. The molecule has 4 nitrogen and oxygen atoms in total. The molecule has 0 fully saturated rings. The number of ether oxygens (including phenoxy) is 1. The molecule has 35 heavy (non-hydrogen) atoms. The van der Waals surface area contributed by atoms with E-state index in [-0.39, 0.29) is 0 Å². The largest absolute Gasteiger partial charge is 0.496 e. The van der Waals surface area contributed by atoms with Crippen molar-refractivity contribution in [1.82, 2.24) is 4.57 Å². The first-order chi connectivity index (χ1) is 17.4. The van der Waals surface area contributed by atoms with Crippen molar-refractivity contribution in [3.63, 3.8) is 0 Å². The second-order valence-electron chi connectivity index (χ2n) is 9.16. The van der Waals surface area contributed by atoms with Gasteiger partial charge in [-0.2, -0.15) is 0 Å². The summed E-state index contributed by atoms with van der Waals surface area (Å²) in [7, 11) is 0. The van der Waals surface area contributed by atoms with Gasteiger partial charge in [0, 0.05) is 39.8 Å². The van der Waals surface area contributed by atoms with E-state index in [0.717, 1.165) is 70.7 Å². The molecule has 0 saturated heterocycles. The van der Waals surface area contributed by atoms with Gasteiger partial charge in [0.2, 0.25) is 5.71 Å². The number of rotatable bonds is 4. The number of fused-ring (bicyclic) bond motifs is 5. The van der Waals surface area contributed by atoms with Crippen molar-refractivity contribution >= 4 is 45.2 Å². The number of hydrogen-bond acceptors (Lipinski definition) is 3. The molecule has 0 amide bonds. The number of hydrogen-bond donors (Lipinski definition) is 0. The summed E-state index contributed by atoms with van der Waals surface area (Å²) in [4.78, 5) is 2.35. The Morgan fingerprint density at radius 2 is 1.66 bits per heavy atom. The molecule has 7 rings (SSSR count). The van der Waals surface area contributed by atoms with Gasteiger partial charge < -0.3 is 14.1 Å². The van der Waals surface area contributed by atoms with Crippen molar-refractivity contribution < 1.29 is 9.15 Å². The standard InChI is InChI=1S/C31H26N2O2/c1-4-10-22(11-5-1)32(23-12-6-2-7-13-23)25-16-17-28-26(20-25)30-27-21-34-19-18-29(27)35-31(30)33(28)24-14-8-3-9-15-24/h1,4-6,8,10-20H,2-3,7,9,21H2. The quantitative estimate of drug-likeness (QED) is 0.307. The average molecular weight is 459 g/mol. The second-order valence-corrected chi connectivity index (χ2v) is 9.16. The van der Waals surface area contributed by atoms with Gasteiger partial charge in [0.15, 0.2) is 0 Å². The summed E-state index contributed by atoms with van der Waals surface area (Å²) in [6.07, 6.45) is 21.5. The first-order valence-corrected chi connectivity index (χ1v) is 12.4. The van der Waals surface area contributed by atoms with Crippen LogP contribution in [-0.4, -0.2) is 4.57 Å². The Kier molecular flexibility index (Phi) is 4.76. The zero-order chi connectivity index (χ0) is 23.2. The van der Waals surface area contributed by atoms with Gasteiger partial charge in [-0.25, -0.2) is 0 Å².